The van der Waals surface area contributed by atoms with E-state index in [1.165, 1.54) is 0 Å². The fraction of sp³-hybridized carbons (Fsp3) is 0.348. The van der Waals surface area contributed by atoms with Crippen molar-refractivity contribution in [2.24, 2.45) is 5.92 Å². The van der Waals surface area contributed by atoms with Gasteiger partial charge in [0.05, 0.1) is 19.1 Å². The molecule has 170 valence electrons. The molecular formula is C23H27N3O6. The van der Waals surface area contributed by atoms with Gasteiger partial charge in [0.25, 0.3) is 5.91 Å². The highest BCUT2D eigenvalue weighted by Gasteiger charge is 2.35. The Balaban J connectivity index is 1.50. The predicted octanol–water partition coefficient (Wildman–Crippen LogP) is 1.56. The van der Waals surface area contributed by atoms with Gasteiger partial charge in [-0.1, -0.05) is 6.07 Å². The van der Waals surface area contributed by atoms with E-state index in [4.69, 9.17) is 9.47 Å². The highest BCUT2D eigenvalue weighted by Crippen LogP contribution is 2.27. The summed E-state index contributed by atoms with van der Waals surface area (Å²) in [5.74, 6) is -0.0521. The van der Waals surface area contributed by atoms with Crippen LogP contribution < -0.4 is 25.0 Å². The first-order valence-corrected chi connectivity index (χ1v) is 10.3. The Morgan fingerprint density at radius 1 is 1.19 bits per heavy atom. The van der Waals surface area contributed by atoms with E-state index in [9.17, 15) is 19.5 Å². The van der Waals surface area contributed by atoms with Crippen LogP contribution in [0.4, 0.5) is 11.4 Å². The first kappa shape index (κ1) is 23.1. The molecule has 0 bridgehead atoms. The normalized spacial score (nSPS) is 16.4. The maximum Gasteiger partial charge on any atom is 0.262 e. The number of benzene rings is 2. The minimum Gasteiger partial charge on any atom is -0.497 e. The van der Waals surface area contributed by atoms with Crippen molar-refractivity contribution in [3.05, 3.63) is 48.5 Å². The van der Waals surface area contributed by atoms with Gasteiger partial charge in [0, 0.05) is 37.0 Å². The Kier molecular flexibility index (Phi) is 7.67. The molecule has 0 saturated carbocycles. The molecule has 0 radical (unpaired) electrons. The topological polar surface area (TPSA) is 117 Å². The molecule has 32 heavy (non-hydrogen) atoms. The number of rotatable bonds is 9. The van der Waals surface area contributed by atoms with Crippen LogP contribution in [0.5, 0.6) is 11.5 Å². The summed E-state index contributed by atoms with van der Waals surface area (Å²) in [6.07, 6.45) is -0.522. The van der Waals surface area contributed by atoms with Crippen LogP contribution in [0.2, 0.25) is 0 Å². The second-order valence-corrected chi connectivity index (χ2v) is 7.56. The van der Waals surface area contributed by atoms with E-state index in [2.05, 4.69) is 10.6 Å². The number of anilines is 2. The van der Waals surface area contributed by atoms with E-state index in [1.807, 2.05) is 0 Å². The second kappa shape index (κ2) is 10.6. The Morgan fingerprint density at radius 3 is 2.62 bits per heavy atom. The van der Waals surface area contributed by atoms with Gasteiger partial charge in [0.15, 0.2) is 6.61 Å². The number of aliphatic hydroxyl groups is 1. The minimum absolute atomic E-state index is 0.119. The number of nitrogens with one attached hydrogen (secondary N) is 2. The van der Waals surface area contributed by atoms with E-state index >= 15 is 0 Å². The summed E-state index contributed by atoms with van der Waals surface area (Å²) in [5, 5.41) is 14.7. The summed E-state index contributed by atoms with van der Waals surface area (Å²) in [7, 11) is 1.55. The van der Waals surface area contributed by atoms with Crippen LogP contribution in [-0.2, 0) is 14.4 Å². The van der Waals surface area contributed by atoms with Gasteiger partial charge >= 0.3 is 0 Å². The van der Waals surface area contributed by atoms with Gasteiger partial charge in [-0.3, -0.25) is 14.4 Å². The molecule has 3 amide bonds. The summed E-state index contributed by atoms with van der Waals surface area (Å²) in [5.41, 5.74) is 1.25. The van der Waals surface area contributed by atoms with Crippen LogP contribution >= 0.6 is 0 Å². The molecule has 1 fully saturated rings. The molecule has 9 nitrogen and oxygen atoms in total. The van der Waals surface area contributed by atoms with E-state index in [-0.39, 0.29) is 43.8 Å². The van der Waals surface area contributed by atoms with E-state index < -0.39 is 12.0 Å². The lowest BCUT2D eigenvalue weighted by atomic mass is 10.1. The quantitative estimate of drug-likeness (QED) is 0.544. The average Bonchev–Trinajstić information content (AvgIpc) is 3.18. The van der Waals surface area contributed by atoms with Crippen LogP contribution in [0.1, 0.15) is 13.3 Å². The average molecular weight is 441 g/mol. The summed E-state index contributed by atoms with van der Waals surface area (Å²) >= 11 is 0. The molecule has 9 heteroatoms. The third kappa shape index (κ3) is 6.21. The number of hydrogen-bond acceptors (Lipinski definition) is 6. The summed E-state index contributed by atoms with van der Waals surface area (Å²) in [6, 6.07) is 13.8. The molecule has 3 rings (SSSR count). The fourth-order valence-electron chi connectivity index (χ4n) is 3.29. The van der Waals surface area contributed by atoms with Crippen LogP contribution in [-0.4, -0.2) is 55.7 Å². The molecular weight excluding hydrogens is 414 g/mol. The molecule has 2 aromatic carbocycles. The molecule has 3 N–H and O–H groups in total. The summed E-state index contributed by atoms with van der Waals surface area (Å²) in [4.78, 5) is 38.2. The second-order valence-electron chi connectivity index (χ2n) is 7.56. The Bertz CT molecular complexity index is 960. The van der Waals surface area contributed by atoms with Crippen LogP contribution in [0, 0.1) is 5.92 Å². The molecule has 1 saturated heterocycles. The molecule has 1 aliphatic heterocycles. The van der Waals surface area contributed by atoms with Gasteiger partial charge in [-0.2, -0.15) is 0 Å². The zero-order chi connectivity index (χ0) is 23.1. The van der Waals surface area contributed by atoms with Gasteiger partial charge in [-0.15, -0.1) is 0 Å². The molecule has 0 unspecified atom stereocenters. The zero-order valence-electron chi connectivity index (χ0n) is 18.0. The molecule has 0 aromatic heterocycles. The maximum absolute atomic E-state index is 12.4. The van der Waals surface area contributed by atoms with Crippen molar-refractivity contribution in [3.8, 4) is 11.5 Å². The third-order valence-corrected chi connectivity index (χ3v) is 4.94. The number of carbonyl (C=O) groups excluding carboxylic acids is 3. The van der Waals surface area contributed by atoms with Gasteiger partial charge in [0.1, 0.15) is 11.5 Å². The van der Waals surface area contributed by atoms with Crippen molar-refractivity contribution in [2.45, 2.75) is 19.4 Å². The Morgan fingerprint density at radius 2 is 1.94 bits per heavy atom. The highest BCUT2D eigenvalue weighted by molar-refractivity contribution is 6.00. The van der Waals surface area contributed by atoms with E-state index in [0.29, 0.717) is 22.9 Å². The van der Waals surface area contributed by atoms with Gasteiger partial charge in [0.2, 0.25) is 11.8 Å². The van der Waals surface area contributed by atoms with Gasteiger partial charge < -0.3 is 30.1 Å². The number of methoxy groups -OCH3 is 1. The third-order valence-electron chi connectivity index (χ3n) is 4.94. The zero-order valence-corrected chi connectivity index (χ0v) is 18.0. The molecule has 1 heterocycles. The smallest absolute Gasteiger partial charge is 0.262 e. The van der Waals surface area contributed by atoms with Crippen LogP contribution in [0.15, 0.2) is 48.5 Å². The SMILES string of the molecule is COc1cccc(NC(=O)COc2ccc(N3C[C@H](C(=O)NC[C@@H](C)O)CC3=O)cc2)c1. The first-order valence-electron chi connectivity index (χ1n) is 10.3. The number of carbonyl (C=O) groups is 3. The van der Waals surface area contributed by atoms with Crippen molar-refractivity contribution in [1.82, 2.24) is 5.32 Å². The molecule has 0 spiro atoms. The Labute approximate surface area is 186 Å². The predicted molar refractivity (Wildman–Crippen MR) is 119 cm³/mol. The van der Waals surface area contributed by atoms with Gasteiger partial charge in [-0.05, 0) is 43.3 Å². The number of aliphatic hydroxyl groups excluding tert-OH is 1. The van der Waals surface area contributed by atoms with E-state index in [1.54, 1.807) is 67.5 Å². The first-order chi connectivity index (χ1) is 15.4. The standard InChI is InChI=1S/C23H27N3O6/c1-15(27)12-24-23(30)16-10-22(29)26(13-16)18-6-8-19(9-7-18)32-14-21(28)25-17-4-3-5-20(11-17)31-2/h3-9,11,15-16,27H,10,12-14H2,1-2H3,(H,24,30)(H,25,28)/t15-,16-/m1/s1. The molecule has 0 aliphatic carbocycles. The highest BCUT2D eigenvalue weighted by atomic mass is 16.5. The largest absolute Gasteiger partial charge is 0.497 e. The van der Waals surface area contributed by atoms with Gasteiger partial charge in [-0.25, -0.2) is 0 Å². The molecule has 2 atom stereocenters. The van der Waals surface area contributed by atoms with Crippen molar-refractivity contribution in [1.29, 1.82) is 0 Å². The molecule has 1 aliphatic rings. The number of amides is 3. The minimum atomic E-state index is -0.641. The lowest BCUT2D eigenvalue weighted by Gasteiger charge is -2.17. The van der Waals surface area contributed by atoms with Crippen molar-refractivity contribution >= 4 is 29.1 Å². The van der Waals surface area contributed by atoms with Crippen molar-refractivity contribution in [3.63, 3.8) is 0 Å². The number of nitrogens with zero attached hydrogens (tertiary/aromatic N) is 1. The Hall–Kier alpha value is -3.59. The number of ether oxygens (including phenoxy) is 2. The molecule has 2 aromatic rings. The van der Waals surface area contributed by atoms with E-state index in [0.717, 1.165) is 0 Å². The lowest BCUT2D eigenvalue weighted by molar-refractivity contribution is -0.126. The van der Waals surface area contributed by atoms with Crippen LogP contribution in [0.25, 0.3) is 0 Å². The number of hydrogen-bond donors (Lipinski definition) is 3. The summed E-state index contributed by atoms with van der Waals surface area (Å²) in [6.45, 7) is 1.83. The maximum atomic E-state index is 12.4. The van der Waals surface area contributed by atoms with Crippen molar-refractivity contribution in [2.75, 3.05) is 37.0 Å². The fourth-order valence-corrected chi connectivity index (χ4v) is 3.29. The monoisotopic (exact) mass is 441 g/mol. The lowest BCUT2D eigenvalue weighted by Crippen LogP contribution is -2.36. The summed E-state index contributed by atoms with van der Waals surface area (Å²) < 4.78 is 10.6. The van der Waals surface area contributed by atoms with Crippen molar-refractivity contribution < 1.29 is 29.0 Å². The van der Waals surface area contributed by atoms with Crippen LogP contribution in [0.3, 0.4) is 0 Å².